The summed E-state index contributed by atoms with van der Waals surface area (Å²) >= 11 is 0. The Kier molecular flexibility index (Phi) is 7.38. The van der Waals surface area contributed by atoms with E-state index in [1.54, 1.807) is 7.11 Å². The minimum Gasteiger partial charge on any atom is -0.497 e. The summed E-state index contributed by atoms with van der Waals surface area (Å²) in [5, 5.41) is 3.19. The van der Waals surface area contributed by atoms with Crippen molar-refractivity contribution >= 4 is 18.3 Å². The van der Waals surface area contributed by atoms with Gasteiger partial charge in [-0.15, -0.1) is 12.4 Å². The Morgan fingerprint density at radius 3 is 2.80 bits per heavy atom. The number of nitrogens with two attached hydrogens (primary N) is 1. The van der Waals surface area contributed by atoms with Gasteiger partial charge in [0.05, 0.1) is 13.0 Å². The molecule has 0 spiro atoms. The Labute approximate surface area is 156 Å². The molecule has 1 aromatic rings. The number of hydrogen-bond donors (Lipinski definition) is 2. The number of benzene rings is 1. The van der Waals surface area contributed by atoms with E-state index in [2.05, 4.69) is 5.32 Å². The molecule has 1 fully saturated rings. The van der Waals surface area contributed by atoms with Crippen molar-refractivity contribution in [3.8, 4) is 11.5 Å². The van der Waals surface area contributed by atoms with Crippen molar-refractivity contribution in [1.82, 2.24) is 5.32 Å². The van der Waals surface area contributed by atoms with Crippen LogP contribution in [0.2, 0.25) is 0 Å². The standard InChI is InChI=1S/C19H28N2O3.ClH/c1-23-16-7-8-18-14(10-16)9-15(12-24-18)19(22)21-17(11-20)13-5-3-2-4-6-13;/h7-8,10,13,15,17H,2-6,9,11-12,20H2,1H3,(H,21,22);1H. The monoisotopic (exact) mass is 368 g/mol. The molecule has 1 aliphatic carbocycles. The number of fused-ring (bicyclic) bond motifs is 1. The Hall–Kier alpha value is -1.46. The van der Waals surface area contributed by atoms with E-state index in [0.717, 1.165) is 17.1 Å². The van der Waals surface area contributed by atoms with Crippen molar-refractivity contribution in [2.45, 2.75) is 44.6 Å². The van der Waals surface area contributed by atoms with Crippen molar-refractivity contribution in [2.75, 3.05) is 20.3 Å². The molecule has 1 heterocycles. The zero-order valence-electron chi connectivity index (χ0n) is 14.8. The Morgan fingerprint density at radius 2 is 2.12 bits per heavy atom. The fourth-order valence-corrected chi connectivity index (χ4v) is 3.87. The highest BCUT2D eigenvalue weighted by Gasteiger charge is 2.30. The third kappa shape index (κ3) is 4.79. The van der Waals surface area contributed by atoms with Gasteiger partial charge in [-0.05, 0) is 48.9 Å². The predicted octanol–water partition coefficient (Wildman–Crippen LogP) is 2.69. The highest BCUT2D eigenvalue weighted by molar-refractivity contribution is 5.85. The molecule has 1 amide bonds. The minimum absolute atomic E-state index is 0. The van der Waals surface area contributed by atoms with Gasteiger partial charge in [-0.1, -0.05) is 19.3 Å². The lowest BCUT2D eigenvalue weighted by molar-refractivity contribution is -0.127. The Balaban J connectivity index is 0.00000225. The first kappa shape index (κ1) is 19.9. The number of carbonyl (C=O) groups excluding carboxylic acids is 1. The first-order valence-corrected chi connectivity index (χ1v) is 9.01. The van der Waals surface area contributed by atoms with Gasteiger partial charge in [0.1, 0.15) is 18.1 Å². The SMILES string of the molecule is COc1ccc2c(c1)CC(C(=O)NC(CN)C1CCCCC1)CO2.Cl. The van der Waals surface area contributed by atoms with Crippen LogP contribution in [-0.2, 0) is 11.2 Å². The van der Waals surface area contributed by atoms with Crippen LogP contribution < -0.4 is 20.5 Å². The van der Waals surface area contributed by atoms with Crippen LogP contribution in [-0.4, -0.2) is 32.2 Å². The van der Waals surface area contributed by atoms with Crippen LogP contribution >= 0.6 is 12.4 Å². The molecule has 3 N–H and O–H groups in total. The molecule has 140 valence electrons. The molecule has 0 saturated heterocycles. The van der Waals surface area contributed by atoms with Gasteiger partial charge in [0.25, 0.3) is 0 Å². The first-order valence-electron chi connectivity index (χ1n) is 9.01. The number of nitrogens with one attached hydrogen (secondary N) is 1. The number of hydrogen-bond acceptors (Lipinski definition) is 4. The normalized spacial score (nSPS) is 21.3. The third-order valence-corrected chi connectivity index (χ3v) is 5.35. The van der Waals surface area contributed by atoms with E-state index in [4.69, 9.17) is 15.2 Å². The van der Waals surface area contributed by atoms with Crippen molar-refractivity contribution in [2.24, 2.45) is 17.6 Å². The predicted molar refractivity (Wildman–Crippen MR) is 100 cm³/mol. The topological polar surface area (TPSA) is 73.6 Å². The maximum Gasteiger partial charge on any atom is 0.227 e. The van der Waals surface area contributed by atoms with Gasteiger partial charge < -0.3 is 20.5 Å². The number of halogens is 1. The second kappa shape index (κ2) is 9.30. The van der Waals surface area contributed by atoms with Crippen LogP contribution in [0.1, 0.15) is 37.7 Å². The summed E-state index contributed by atoms with van der Waals surface area (Å²) in [7, 11) is 1.64. The summed E-state index contributed by atoms with van der Waals surface area (Å²) < 4.78 is 11.0. The summed E-state index contributed by atoms with van der Waals surface area (Å²) in [6, 6.07) is 5.83. The molecule has 0 bridgehead atoms. The van der Waals surface area contributed by atoms with Gasteiger partial charge in [0.15, 0.2) is 0 Å². The van der Waals surface area contributed by atoms with E-state index in [1.807, 2.05) is 18.2 Å². The van der Waals surface area contributed by atoms with Gasteiger partial charge in [-0.25, -0.2) is 0 Å². The van der Waals surface area contributed by atoms with Crippen LogP contribution in [0.25, 0.3) is 0 Å². The molecule has 0 aromatic heterocycles. The van der Waals surface area contributed by atoms with Crippen molar-refractivity contribution < 1.29 is 14.3 Å². The zero-order chi connectivity index (χ0) is 16.9. The van der Waals surface area contributed by atoms with E-state index in [0.29, 0.717) is 25.5 Å². The van der Waals surface area contributed by atoms with Crippen molar-refractivity contribution in [3.63, 3.8) is 0 Å². The van der Waals surface area contributed by atoms with Crippen molar-refractivity contribution in [3.05, 3.63) is 23.8 Å². The molecule has 6 heteroatoms. The number of methoxy groups -OCH3 is 1. The summed E-state index contributed by atoms with van der Waals surface area (Å²) in [6.45, 7) is 0.932. The highest BCUT2D eigenvalue weighted by Crippen LogP contribution is 2.31. The average molecular weight is 369 g/mol. The van der Waals surface area contributed by atoms with Crippen LogP contribution in [0.3, 0.4) is 0 Å². The molecule has 1 aliphatic heterocycles. The summed E-state index contributed by atoms with van der Waals surface area (Å²) in [4.78, 5) is 12.7. The van der Waals surface area contributed by atoms with E-state index in [-0.39, 0.29) is 30.3 Å². The Bertz CT molecular complexity index is 576. The van der Waals surface area contributed by atoms with Gasteiger partial charge >= 0.3 is 0 Å². The molecule has 5 nitrogen and oxygen atoms in total. The molecule has 2 aliphatic rings. The minimum atomic E-state index is -0.165. The maximum atomic E-state index is 12.7. The Morgan fingerprint density at radius 1 is 1.36 bits per heavy atom. The lowest BCUT2D eigenvalue weighted by Crippen LogP contribution is -2.49. The smallest absolute Gasteiger partial charge is 0.227 e. The summed E-state index contributed by atoms with van der Waals surface area (Å²) in [5.41, 5.74) is 6.96. The summed E-state index contributed by atoms with van der Waals surface area (Å²) in [6.07, 6.45) is 6.82. The van der Waals surface area contributed by atoms with Crippen LogP contribution in [0.4, 0.5) is 0 Å². The number of carbonyl (C=O) groups is 1. The largest absolute Gasteiger partial charge is 0.497 e. The molecular weight excluding hydrogens is 340 g/mol. The number of rotatable bonds is 5. The van der Waals surface area contributed by atoms with E-state index >= 15 is 0 Å². The van der Waals surface area contributed by atoms with Crippen LogP contribution in [0.5, 0.6) is 11.5 Å². The first-order chi connectivity index (χ1) is 11.7. The molecular formula is C19H29ClN2O3. The lowest BCUT2D eigenvalue weighted by Gasteiger charge is -2.32. The quantitative estimate of drug-likeness (QED) is 0.838. The molecule has 1 saturated carbocycles. The molecule has 3 rings (SSSR count). The zero-order valence-corrected chi connectivity index (χ0v) is 15.6. The second-order valence-electron chi connectivity index (χ2n) is 6.93. The number of amides is 1. The molecule has 2 unspecified atom stereocenters. The number of ether oxygens (including phenoxy) is 2. The van der Waals surface area contributed by atoms with E-state index in [1.165, 1.54) is 32.1 Å². The fourth-order valence-electron chi connectivity index (χ4n) is 3.87. The molecule has 2 atom stereocenters. The van der Waals surface area contributed by atoms with Gasteiger partial charge in [-0.3, -0.25) is 4.79 Å². The van der Waals surface area contributed by atoms with Gasteiger partial charge in [0, 0.05) is 12.6 Å². The summed E-state index contributed by atoms with van der Waals surface area (Å²) in [5.74, 6) is 2.05. The second-order valence-corrected chi connectivity index (χ2v) is 6.93. The molecule has 1 aromatic carbocycles. The van der Waals surface area contributed by atoms with Gasteiger partial charge in [-0.2, -0.15) is 0 Å². The lowest BCUT2D eigenvalue weighted by atomic mass is 9.83. The van der Waals surface area contributed by atoms with Crippen molar-refractivity contribution in [1.29, 1.82) is 0 Å². The van der Waals surface area contributed by atoms with Gasteiger partial charge in [0.2, 0.25) is 5.91 Å². The van der Waals surface area contributed by atoms with E-state index in [9.17, 15) is 4.79 Å². The van der Waals surface area contributed by atoms with Crippen LogP contribution in [0, 0.1) is 11.8 Å². The molecule has 0 radical (unpaired) electrons. The average Bonchev–Trinajstić information content (AvgIpc) is 2.65. The highest BCUT2D eigenvalue weighted by atomic mass is 35.5. The maximum absolute atomic E-state index is 12.7. The van der Waals surface area contributed by atoms with Crippen LogP contribution in [0.15, 0.2) is 18.2 Å². The van der Waals surface area contributed by atoms with E-state index < -0.39 is 0 Å². The third-order valence-electron chi connectivity index (χ3n) is 5.35. The fraction of sp³-hybridized carbons (Fsp3) is 0.632. The molecule has 25 heavy (non-hydrogen) atoms.